The number of hydrogen-bond donors (Lipinski definition) is 0. The number of likely N-dealkylation sites (N-methyl/N-ethyl adjacent to an activating group) is 1. The van der Waals surface area contributed by atoms with Crippen LogP contribution in [0.1, 0.15) is 13.8 Å². The summed E-state index contributed by atoms with van der Waals surface area (Å²) in [5.74, 6) is -0.250. The predicted octanol–water partition coefficient (Wildman–Crippen LogP) is 4.81. The van der Waals surface area contributed by atoms with E-state index in [1.54, 1.807) is 30.5 Å². The molecule has 0 amide bonds. The largest absolute Gasteiger partial charge is 0.475 e. The van der Waals surface area contributed by atoms with Crippen LogP contribution >= 0.6 is 0 Å². The molecule has 0 aliphatic carbocycles. The number of aromatic nitrogens is 2. The van der Waals surface area contributed by atoms with Crippen LogP contribution in [-0.4, -0.2) is 41.1 Å². The van der Waals surface area contributed by atoms with Crippen LogP contribution in [0.4, 0.5) is 8.78 Å². The average Bonchev–Trinajstić information content (AvgIpc) is 2.72. The van der Waals surface area contributed by atoms with Gasteiger partial charge < -0.3 is 9.64 Å². The molecule has 0 radical (unpaired) electrons. The zero-order valence-electron chi connectivity index (χ0n) is 16.0. The van der Waals surface area contributed by atoms with Gasteiger partial charge in [-0.25, -0.2) is 18.7 Å². The van der Waals surface area contributed by atoms with Gasteiger partial charge >= 0.3 is 0 Å². The van der Waals surface area contributed by atoms with Crippen molar-refractivity contribution in [3.05, 3.63) is 66.4 Å². The number of benzene rings is 2. The van der Waals surface area contributed by atoms with E-state index >= 15 is 0 Å². The lowest BCUT2D eigenvalue weighted by atomic mass is 10.0. The Morgan fingerprint density at radius 2 is 1.36 bits per heavy atom. The Morgan fingerprint density at radius 3 is 1.89 bits per heavy atom. The van der Waals surface area contributed by atoms with E-state index in [1.165, 1.54) is 24.3 Å². The third-order valence-electron chi connectivity index (χ3n) is 4.54. The van der Waals surface area contributed by atoms with Crippen molar-refractivity contribution in [1.82, 2.24) is 14.9 Å². The normalized spacial score (nSPS) is 11.0. The topological polar surface area (TPSA) is 38.2 Å². The SMILES string of the molecule is CCN(CC)CCOc1cnc(-c2ccc(F)cc2)c(-c2ccc(F)cc2)n1. The first-order valence-corrected chi connectivity index (χ1v) is 9.34. The quantitative estimate of drug-likeness (QED) is 0.560. The average molecular weight is 383 g/mol. The number of ether oxygens (including phenoxy) is 1. The molecule has 0 saturated heterocycles. The monoisotopic (exact) mass is 383 g/mol. The van der Waals surface area contributed by atoms with E-state index < -0.39 is 0 Å². The Hall–Kier alpha value is -2.86. The van der Waals surface area contributed by atoms with E-state index in [9.17, 15) is 8.78 Å². The molecule has 146 valence electrons. The molecule has 0 unspecified atom stereocenters. The van der Waals surface area contributed by atoms with Gasteiger partial charge in [0.25, 0.3) is 0 Å². The molecule has 28 heavy (non-hydrogen) atoms. The van der Waals surface area contributed by atoms with Crippen LogP contribution in [0.25, 0.3) is 22.5 Å². The fourth-order valence-electron chi connectivity index (χ4n) is 2.89. The van der Waals surface area contributed by atoms with Crippen molar-refractivity contribution in [2.45, 2.75) is 13.8 Å². The Bertz CT molecular complexity index is 895. The van der Waals surface area contributed by atoms with Gasteiger partial charge in [-0.2, -0.15) is 0 Å². The molecule has 1 heterocycles. The van der Waals surface area contributed by atoms with Crippen molar-refractivity contribution >= 4 is 0 Å². The van der Waals surface area contributed by atoms with Crippen molar-refractivity contribution in [2.75, 3.05) is 26.2 Å². The van der Waals surface area contributed by atoms with Crippen molar-refractivity contribution in [3.8, 4) is 28.4 Å². The Kier molecular flexibility index (Phi) is 6.66. The molecular weight excluding hydrogens is 360 g/mol. The zero-order valence-corrected chi connectivity index (χ0v) is 16.0. The summed E-state index contributed by atoms with van der Waals surface area (Å²) in [4.78, 5) is 11.3. The van der Waals surface area contributed by atoms with Gasteiger partial charge in [-0.15, -0.1) is 0 Å². The van der Waals surface area contributed by atoms with Crippen molar-refractivity contribution < 1.29 is 13.5 Å². The van der Waals surface area contributed by atoms with Crippen LogP contribution in [0.15, 0.2) is 54.7 Å². The summed E-state index contributed by atoms with van der Waals surface area (Å²) in [6.45, 7) is 7.40. The minimum Gasteiger partial charge on any atom is -0.475 e. The fraction of sp³-hybridized carbons (Fsp3) is 0.273. The van der Waals surface area contributed by atoms with Gasteiger partial charge in [0.2, 0.25) is 5.88 Å². The molecule has 4 nitrogen and oxygen atoms in total. The lowest BCUT2D eigenvalue weighted by Crippen LogP contribution is -2.28. The van der Waals surface area contributed by atoms with E-state index in [2.05, 4.69) is 28.7 Å². The van der Waals surface area contributed by atoms with Crippen LogP contribution in [0.2, 0.25) is 0 Å². The highest BCUT2D eigenvalue weighted by Crippen LogP contribution is 2.30. The molecule has 0 spiro atoms. The molecule has 0 aliphatic heterocycles. The van der Waals surface area contributed by atoms with Gasteiger partial charge in [0, 0.05) is 17.7 Å². The lowest BCUT2D eigenvalue weighted by molar-refractivity contribution is 0.217. The van der Waals surface area contributed by atoms with E-state index in [4.69, 9.17) is 4.74 Å². The summed E-state index contributed by atoms with van der Waals surface area (Å²) < 4.78 is 32.4. The molecule has 0 aliphatic rings. The van der Waals surface area contributed by atoms with Gasteiger partial charge in [0.15, 0.2) is 0 Å². The van der Waals surface area contributed by atoms with E-state index in [0.717, 1.165) is 25.2 Å². The summed E-state index contributed by atoms with van der Waals surface area (Å²) in [5.41, 5.74) is 2.58. The van der Waals surface area contributed by atoms with E-state index in [1.807, 2.05) is 0 Å². The van der Waals surface area contributed by atoms with Crippen LogP contribution in [0.5, 0.6) is 5.88 Å². The van der Waals surface area contributed by atoms with E-state index in [-0.39, 0.29) is 11.6 Å². The third kappa shape index (κ3) is 4.89. The number of hydrogen-bond acceptors (Lipinski definition) is 4. The lowest BCUT2D eigenvalue weighted by Gasteiger charge is -2.18. The Balaban J connectivity index is 1.91. The molecule has 3 aromatic rings. The van der Waals surface area contributed by atoms with E-state index in [0.29, 0.717) is 29.4 Å². The maximum atomic E-state index is 13.4. The predicted molar refractivity (Wildman–Crippen MR) is 106 cm³/mol. The molecule has 0 bridgehead atoms. The molecule has 0 fully saturated rings. The molecule has 1 aromatic heterocycles. The van der Waals surface area contributed by atoms with Gasteiger partial charge in [-0.1, -0.05) is 13.8 Å². The second kappa shape index (κ2) is 9.37. The Morgan fingerprint density at radius 1 is 0.821 bits per heavy atom. The first-order valence-electron chi connectivity index (χ1n) is 9.34. The first kappa shape index (κ1) is 19.9. The van der Waals surface area contributed by atoms with Gasteiger partial charge in [0.1, 0.15) is 23.9 Å². The van der Waals surface area contributed by atoms with Gasteiger partial charge in [-0.3, -0.25) is 0 Å². The maximum absolute atomic E-state index is 13.4. The highest BCUT2D eigenvalue weighted by atomic mass is 19.1. The van der Waals surface area contributed by atoms with Crippen LogP contribution in [-0.2, 0) is 0 Å². The van der Waals surface area contributed by atoms with Gasteiger partial charge in [-0.05, 0) is 61.6 Å². The highest BCUT2D eigenvalue weighted by molar-refractivity contribution is 5.77. The van der Waals surface area contributed by atoms with Crippen molar-refractivity contribution in [2.24, 2.45) is 0 Å². The summed E-state index contributed by atoms with van der Waals surface area (Å²) in [5, 5.41) is 0. The first-order chi connectivity index (χ1) is 13.6. The zero-order chi connectivity index (χ0) is 19.9. The second-order valence-corrected chi connectivity index (χ2v) is 6.29. The molecule has 0 atom stereocenters. The molecular formula is C22H23F2N3O. The number of rotatable bonds is 8. The second-order valence-electron chi connectivity index (χ2n) is 6.29. The molecule has 2 aromatic carbocycles. The van der Waals surface area contributed by atoms with Crippen LogP contribution < -0.4 is 4.74 Å². The highest BCUT2D eigenvalue weighted by Gasteiger charge is 2.13. The number of halogens is 2. The fourth-order valence-corrected chi connectivity index (χ4v) is 2.89. The summed E-state index contributed by atoms with van der Waals surface area (Å²) in [7, 11) is 0. The van der Waals surface area contributed by atoms with Crippen LogP contribution in [0, 0.1) is 11.6 Å². The number of nitrogens with zero attached hydrogens (tertiary/aromatic N) is 3. The minimum atomic E-state index is -0.327. The maximum Gasteiger partial charge on any atom is 0.232 e. The molecule has 6 heteroatoms. The van der Waals surface area contributed by atoms with Crippen LogP contribution in [0.3, 0.4) is 0 Å². The van der Waals surface area contributed by atoms with Gasteiger partial charge in [0.05, 0.1) is 11.9 Å². The summed E-state index contributed by atoms with van der Waals surface area (Å²) >= 11 is 0. The third-order valence-corrected chi connectivity index (χ3v) is 4.54. The Labute approximate surface area is 163 Å². The van der Waals surface area contributed by atoms with Crippen molar-refractivity contribution in [3.63, 3.8) is 0 Å². The standard InChI is InChI=1S/C22H23F2N3O/c1-3-27(4-2)13-14-28-20-15-25-21(16-5-9-18(23)10-6-16)22(26-20)17-7-11-19(24)12-8-17/h5-12,15H,3-4,13-14H2,1-2H3. The van der Waals surface area contributed by atoms with Crippen molar-refractivity contribution in [1.29, 1.82) is 0 Å². The molecule has 3 rings (SSSR count). The smallest absolute Gasteiger partial charge is 0.232 e. The summed E-state index contributed by atoms with van der Waals surface area (Å²) in [6.07, 6.45) is 1.56. The molecule has 0 N–H and O–H groups in total. The minimum absolute atomic E-state index is 0.323. The molecule has 0 saturated carbocycles. The summed E-state index contributed by atoms with van der Waals surface area (Å²) in [6, 6.07) is 12.1.